The third kappa shape index (κ3) is 3.08. The van der Waals surface area contributed by atoms with Gasteiger partial charge in [-0.15, -0.1) is 11.3 Å². The zero-order valence-corrected chi connectivity index (χ0v) is 11.2. The van der Waals surface area contributed by atoms with Crippen LogP contribution < -0.4 is 5.32 Å². The minimum atomic E-state index is -0.868. The molecule has 1 aromatic heterocycles. The number of hydrogen-bond acceptors (Lipinski definition) is 3. The van der Waals surface area contributed by atoms with Crippen molar-refractivity contribution in [3.63, 3.8) is 0 Å². The number of hydrogen-bond donors (Lipinski definition) is 2. The van der Waals surface area contributed by atoms with Crippen LogP contribution in [0.5, 0.6) is 0 Å². The standard InChI is InChI=1S/C12H10BrNO2S/c13-9-1-3-10(4-2-9)14-7-8-5-6-17-11(8)12(15)16/h1-6,14H,7H2,(H,15,16). The van der Waals surface area contributed by atoms with Gasteiger partial charge in [0, 0.05) is 16.7 Å². The topological polar surface area (TPSA) is 49.3 Å². The molecule has 2 N–H and O–H groups in total. The van der Waals surface area contributed by atoms with E-state index in [1.807, 2.05) is 30.3 Å². The van der Waals surface area contributed by atoms with Crippen molar-refractivity contribution in [2.45, 2.75) is 6.54 Å². The number of halogens is 1. The Balaban J connectivity index is 2.05. The summed E-state index contributed by atoms with van der Waals surface area (Å²) < 4.78 is 1.02. The molecule has 0 fully saturated rings. The molecule has 1 aromatic carbocycles. The van der Waals surface area contributed by atoms with Crippen molar-refractivity contribution in [1.29, 1.82) is 0 Å². The first kappa shape index (κ1) is 12.1. The van der Waals surface area contributed by atoms with Crippen LogP contribution in [0.3, 0.4) is 0 Å². The summed E-state index contributed by atoms with van der Waals surface area (Å²) in [4.78, 5) is 11.3. The summed E-state index contributed by atoms with van der Waals surface area (Å²) in [5, 5.41) is 14.0. The molecule has 2 aromatic rings. The van der Waals surface area contributed by atoms with Crippen molar-refractivity contribution >= 4 is 38.9 Å². The van der Waals surface area contributed by atoms with Crippen LogP contribution in [0, 0.1) is 0 Å². The van der Waals surface area contributed by atoms with Gasteiger partial charge in [-0.1, -0.05) is 15.9 Å². The molecule has 3 nitrogen and oxygen atoms in total. The van der Waals surface area contributed by atoms with E-state index < -0.39 is 5.97 Å². The maximum absolute atomic E-state index is 10.9. The zero-order chi connectivity index (χ0) is 12.3. The van der Waals surface area contributed by atoms with Gasteiger partial charge in [0.15, 0.2) is 0 Å². The van der Waals surface area contributed by atoms with Crippen molar-refractivity contribution in [3.8, 4) is 0 Å². The average molecular weight is 312 g/mol. The average Bonchev–Trinajstić information content (AvgIpc) is 2.76. The van der Waals surface area contributed by atoms with Crippen molar-refractivity contribution in [1.82, 2.24) is 0 Å². The Morgan fingerprint density at radius 2 is 2.00 bits per heavy atom. The van der Waals surface area contributed by atoms with Gasteiger partial charge in [-0.2, -0.15) is 0 Å². The van der Waals surface area contributed by atoms with E-state index in [1.165, 1.54) is 11.3 Å². The predicted molar refractivity (Wildman–Crippen MR) is 72.7 cm³/mol. The number of aromatic carboxylic acids is 1. The Hall–Kier alpha value is -1.33. The highest BCUT2D eigenvalue weighted by Gasteiger charge is 2.10. The highest BCUT2D eigenvalue weighted by molar-refractivity contribution is 9.10. The van der Waals surface area contributed by atoms with Gasteiger partial charge < -0.3 is 10.4 Å². The summed E-state index contributed by atoms with van der Waals surface area (Å²) in [6.45, 7) is 0.521. The predicted octanol–water partition coefficient (Wildman–Crippen LogP) is 3.82. The minimum Gasteiger partial charge on any atom is -0.477 e. The van der Waals surface area contributed by atoms with Crippen LogP contribution in [0.15, 0.2) is 40.2 Å². The first-order chi connectivity index (χ1) is 8.16. The zero-order valence-electron chi connectivity index (χ0n) is 8.81. The Labute approximate surface area is 111 Å². The second kappa shape index (κ2) is 5.33. The molecule has 0 radical (unpaired) electrons. The lowest BCUT2D eigenvalue weighted by atomic mass is 10.2. The molecule has 0 bridgehead atoms. The van der Waals surface area contributed by atoms with E-state index in [4.69, 9.17) is 5.11 Å². The third-order valence-electron chi connectivity index (χ3n) is 2.27. The van der Waals surface area contributed by atoms with Crippen LogP contribution in [0.2, 0.25) is 0 Å². The molecule has 0 saturated heterocycles. The maximum atomic E-state index is 10.9. The number of thiophene rings is 1. The maximum Gasteiger partial charge on any atom is 0.346 e. The van der Waals surface area contributed by atoms with Gasteiger partial charge in [0.1, 0.15) is 4.88 Å². The highest BCUT2D eigenvalue weighted by atomic mass is 79.9. The van der Waals surface area contributed by atoms with E-state index in [0.29, 0.717) is 11.4 Å². The smallest absolute Gasteiger partial charge is 0.346 e. The number of carboxylic acids is 1. The largest absolute Gasteiger partial charge is 0.477 e. The molecule has 0 spiro atoms. The van der Waals surface area contributed by atoms with Gasteiger partial charge in [0.05, 0.1) is 0 Å². The van der Waals surface area contributed by atoms with Gasteiger partial charge in [0.2, 0.25) is 0 Å². The van der Waals surface area contributed by atoms with Crippen molar-refractivity contribution < 1.29 is 9.90 Å². The van der Waals surface area contributed by atoms with Crippen molar-refractivity contribution in [2.75, 3.05) is 5.32 Å². The number of anilines is 1. The Morgan fingerprint density at radius 1 is 1.29 bits per heavy atom. The second-order valence-corrected chi connectivity index (χ2v) is 5.27. The molecular formula is C12H10BrNO2S. The monoisotopic (exact) mass is 311 g/mol. The fourth-order valence-electron chi connectivity index (χ4n) is 1.43. The van der Waals surface area contributed by atoms with Gasteiger partial charge in [-0.25, -0.2) is 4.79 Å². The molecule has 0 aliphatic rings. The molecule has 0 saturated carbocycles. The Bertz CT molecular complexity index is 522. The lowest BCUT2D eigenvalue weighted by molar-refractivity contribution is 0.0701. The van der Waals surface area contributed by atoms with Crippen LogP contribution >= 0.6 is 27.3 Å². The fourth-order valence-corrected chi connectivity index (χ4v) is 2.45. The van der Waals surface area contributed by atoms with Gasteiger partial charge in [0.25, 0.3) is 0 Å². The lowest BCUT2D eigenvalue weighted by Crippen LogP contribution is -2.03. The molecule has 0 amide bonds. The molecular weight excluding hydrogens is 302 g/mol. The Morgan fingerprint density at radius 3 is 2.65 bits per heavy atom. The van der Waals surface area contributed by atoms with E-state index in [9.17, 15) is 4.79 Å². The number of benzene rings is 1. The summed E-state index contributed by atoms with van der Waals surface area (Å²) in [5.41, 5.74) is 1.78. The normalized spacial score (nSPS) is 10.2. The SMILES string of the molecule is O=C(O)c1sccc1CNc1ccc(Br)cc1. The molecule has 88 valence electrons. The highest BCUT2D eigenvalue weighted by Crippen LogP contribution is 2.19. The quantitative estimate of drug-likeness (QED) is 0.902. The van der Waals surface area contributed by atoms with Crippen LogP contribution in [0.4, 0.5) is 5.69 Å². The molecule has 2 rings (SSSR count). The van der Waals surface area contributed by atoms with Gasteiger partial charge in [-0.3, -0.25) is 0 Å². The summed E-state index contributed by atoms with van der Waals surface area (Å²) in [6, 6.07) is 9.59. The summed E-state index contributed by atoms with van der Waals surface area (Å²) in [6.07, 6.45) is 0. The number of rotatable bonds is 4. The molecule has 0 atom stereocenters. The number of carboxylic acid groups (broad SMARTS) is 1. The van der Waals surface area contributed by atoms with Crippen molar-refractivity contribution in [3.05, 3.63) is 50.6 Å². The number of carbonyl (C=O) groups is 1. The van der Waals surface area contributed by atoms with E-state index in [1.54, 1.807) is 5.38 Å². The minimum absolute atomic E-state index is 0.398. The van der Waals surface area contributed by atoms with Crippen LogP contribution in [-0.2, 0) is 6.54 Å². The van der Waals surface area contributed by atoms with E-state index in [2.05, 4.69) is 21.2 Å². The first-order valence-electron chi connectivity index (χ1n) is 4.96. The second-order valence-electron chi connectivity index (χ2n) is 3.44. The Kier molecular flexibility index (Phi) is 3.81. The van der Waals surface area contributed by atoms with E-state index in [-0.39, 0.29) is 0 Å². The van der Waals surface area contributed by atoms with Crippen LogP contribution in [0.25, 0.3) is 0 Å². The van der Waals surface area contributed by atoms with Crippen molar-refractivity contribution in [2.24, 2.45) is 0 Å². The number of nitrogens with one attached hydrogen (secondary N) is 1. The summed E-state index contributed by atoms with van der Waals surface area (Å²) in [7, 11) is 0. The van der Waals surface area contributed by atoms with Crippen LogP contribution in [-0.4, -0.2) is 11.1 Å². The molecule has 0 unspecified atom stereocenters. The molecule has 5 heteroatoms. The van der Waals surface area contributed by atoms with E-state index >= 15 is 0 Å². The van der Waals surface area contributed by atoms with Gasteiger partial charge in [-0.05, 0) is 41.3 Å². The first-order valence-corrected chi connectivity index (χ1v) is 6.63. The molecule has 0 aliphatic heterocycles. The summed E-state index contributed by atoms with van der Waals surface area (Å²) in [5.74, 6) is -0.868. The third-order valence-corrected chi connectivity index (χ3v) is 3.74. The van der Waals surface area contributed by atoms with Gasteiger partial charge >= 0.3 is 5.97 Å². The molecule has 17 heavy (non-hydrogen) atoms. The lowest BCUT2D eigenvalue weighted by Gasteiger charge is -2.06. The van der Waals surface area contributed by atoms with Crippen LogP contribution in [0.1, 0.15) is 15.2 Å². The fraction of sp³-hybridized carbons (Fsp3) is 0.0833. The molecule has 0 aliphatic carbocycles. The summed E-state index contributed by atoms with van der Waals surface area (Å²) >= 11 is 4.61. The molecule has 1 heterocycles. The van der Waals surface area contributed by atoms with E-state index in [0.717, 1.165) is 15.7 Å².